The Balaban J connectivity index is 1.68. The third-order valence-electron chi connectivity index (χ3n) is 4.33. The number of aliphatic hydroxyl groups excluding tert-OH is 1. The van der Waals surface area contributed by atoms with Crippen LogP contribution in [0, 0.1) is 0 Å². The second-order valence-electron chi connectivity index (χ2n) is 7.57. The van der Waals surface area contributed by atoms with E-state index in [1.165, 1.54) is 0 Å². The van der Waals surface area contributed by atoms with Crippen molar-refractivity contribution in [3.8, 4) is 0 Å². The molecule has 0 unspecified atom stereocenters. The van der Waals surface area contributed by atoms with E-state index in [1.54, 1.807) is 4.90 Å². The molecular weight excluding hydrogens is 322 g/mol. The molecule has 0 aromatic carbocycles. The first-order valence-corrected chi connectivity index (χ1v) is 8.77. The van der Waals surface area contributed by atoms with Gasteiger partial charge in [0.15, 0.2) is 0 Å². The number of ether oxygens (including phenoxy) is 1. The minimum Gasteiger partial charge on any atom is -0.444 e. The molecule has 1 atom stereocenters. The summed E-state index contributed by atoms with van der Waals surface area (Å²) >= 11 is 0. The van der Waals surface area contributed by atoms with Crippen molar-refractivity contribution in [2.45, 2.75) is 45.4 Å². The Morgan fingerprint density at radius 2 is 2.24 bits per heavy atom. The Bertz CT molecular complexity index is 631. The predicted molar refractivity (Wildman–Crippen MR) is 93.5 cm³/mol. The van der Waals surface area contributed by atoms with Gasteiger partial charge in [-0.05, 0) is 20.8 Å². The summed E-state index contributed by atoms with van der Waals surface area (Å²) in [5.74, 6) is 0.699. The van der Waals surface area contributed by atoms with Gasteiger partial charge in [0.25, 0.3) is 0 Å². The zero-order valence-corrected chi connectivity index (χ0v) is 15.2. The Kier molecular flexibility index (Phi) is 5.10. The number of aliphatic hydroxyl groups is 1. The molecule has 1 saturated heterocycles. The van der Waals surface area contributed by atoms with Crippen LogP contribution in [0.4, 0.5) is 10.7 Å². The van der Waals surface area contributed by atoms with Crippen LogP contribution in [0.1, 0.15) is 32.0 Å². The molecule has 3 heterocycles. The average molecular weight is 349 g/mol. The standard InChI is InChI=1S/C17H27N5O3/c1-17(2,3)25-16(24)22-6-4-14-12(9-22)8-19-15(20-14)21-7-5-18-13(10-21)11-23/h8,13,18,23H,4-7,9-11H2,1-3H3/t13-/m1/s1. The Labute approximate surface area is 148 Å². The number of nitrogens with one attached hydrogen (secondary N) is 1. The van der Waals surface area contributed by atoms with E-state index in [9.17, 15) is 9.90 Å². The molecule has 3 rings (SSSR count). The van der Waals surface area contributed by atoms with Gasteiger partial charge in [0.2, 0.25) is 5.95 Å². The van der Waals surface area contributed by atoms with Crippen LogP contribution in [0.2, 0.25) is 0 Å². The normalized spacial score (nSPS) is 21.0. The number of fused-ring (bicyclic) bond motifs is 1. The van der Waals surface area contributed by atoms with Gasteiger partial charge in [-0.2, -0.15) is 0 Å². The fourth-order valence-corrected chi connectivity index (χ4v) is 3.07. The lowest BCUT2D eigenvalue weighted by Crippen LogP contribution is -2.53. The molecule has 1 amide bonds. The first-order valence-electron chi connectivity index (χ1n) is 8.77. The Hall–Kier alpha value is -1.93. The molecule has 0 radical (unpaired) electrons. The van der Waals surface area contributed by atoms with Crippen molar-refractivity contribution in [3.63, 3.8) is 0 Å². The third-order valence-corrected chi connectivity index (χ3v) is 4.33. The highest BCUT2D eigenvalue weighted by atomic mass is 16.6. The topological polar surface area (TPSA) is 90.8 Å². The van der Waals surface area contributed by atoms with E-state index in [0.29, 0.717) is 32.0 Å². The summed E-state index contributed by atoms with van der Waals surface area (Å²) in [6, 6.07) is 0.0519. The number of hydrogen-bond acceptors (Lipinski definition) is 7. The summed E-state index contributed by atoms with van der Waals surface area (Å²) in [5, 5.41) is 12.6. The maximum absolute atomic E-state index is 12.2. The van der Waals surface area contributed by atoms with E-state index in [4.69, 9.17) is 9.72 Å². The van der Waals surface area contributed by atoms with Gasteiger partial charge >= 0.3 is 6.09 Å². The van der Waals surface area contributed by atoms with Crippen molar-refractivity contribution in [1.29, 1.82) is 0 Å². The molecule has 1 fully saturated rings. The number of carbonyl (C=O) groups is 1. The van der Waals surface area contributed by atoms with E-state index in [1.807, 2.05) is 27.0 Å². The zero-order valence-electron chi connectivity index (χ0n) is 15.2. The Morgan fingerprint density at radius 1 is 1.44 bits per heavy atom. The van der Waals surface area contributed by atoms with Crippen LogP contribution in [-0.2, 0) is 17.7 Å². The van der Waals surface area contributed by atoms with Crippen LogP contribution in [-0.4, -0.2) is 70.5 Å². The summed E-state index contributed by atoms with van der Waals surface area (Å²) < 4.78 is 5.44. The summed E-state index contributed by atoms with van der Waals surface area (Å²) in [4.78, 5) is 25.2. The first-order chi connectivity index (χ1) is 11.9. The molecule has 2 N–H and O–H groups in total. The number of nitrogens with zero attached hydrogens (tertiary/aromatic N) is 4. The lowest BCUT2D eigenvalue weighted by atomic mass is 10.1. The fourth-order valence-electron chi connectivity index (χ4n) is 3.07. The van der Waals surface area contributed by atoms with E-state index in [0.717, 1.165) is 24.3 Å². The van der Waals surface area contributed by atoms with Crippen molar-refractivity contribution < 1.29 is 14.6 Å². The van der Waals surface area contributed by atoms with E-state index >= 15 is 0 Å². The van der Waals surface area contributed by atoms with Gasteiger partial charge in [0.1, 0.15) is 5.60 Å². The van der Waals surface area contributed by atoms with Gasteiger partial charge in [-0.15, -0.1) is 0 Å². The largest absolute Gasteiger partial charge is 0.444 e. The van der Waals surface area contributed by atoms with Crippen molar-refractivity contribution in [3.05, 3.63) is 17.5 Å². The summed E-state index contributed by atoms with van der Waals surface area (Å²) in [5.41, 5.74) is 1.46. The molecule has 1 aromatic heterocycles. The number of piperazine rings is 1. The average Bonchev–Trinajstić information content (AvgIpc) is 2.59. The fraction of sp³-hybridized carbons (Fsp3) is 0.706. The first kappa shape index (κ1) is 17.9. The highest BCUT2D eigenvalue weighted by molar-refractivity contribution is 5.68. The minimum absolute atomic E-state index is 0.0519. The van der Waals surface area contributed by atoms with E-state index in [2.05, 4.69) is 15.2 Å². The van der Waals surface area contributed by atoms with Crippen molar-refractivity contribution >= 4 is 12.0 Å². The van der Waals surface area contributed by atoms with Crippen molar-refractivity contribution in [2.75, 3.05) is 37.7 Å². The maximum Gasteiger partial charge on any atom is 0.410 e. The molecule has 1 aromatic rings. The quantitative estimate of drug-likeness (QED) is 0.805. The molecule has 138 valence electrons. The van der Waals surface area contributed by atoms with Crippen LogP contribution < -0.4 is 10.2 Å². The molecule has 8 nitrogen and oxygen atoms in total. The van der Waals surface area contributed by atoms with Crippen LogP contribution in [0.5, 0.6) is 0 Å². The molecule has 0 bridgehead atoms. The lowest BCUT2D eigenvalue weighted by molar-refractivity contribution is 0.0222. The van der Waals surface area contributed by atoms with E-state index in [-0.39, 0.29) is 18.7 Å². The minimum atomic E-state index is -0.497. The molecule has 0 saturated carbocycles. The second kappa shape index (κ2) is 7.13. The van der Waals surface area contributed by atoms with Crippen LogP contribution in [0.3, 0.4) is 0 Å². The van der Waals surface area contributed by atoms with Gasteiger partial charge in [0, 0.05) is 50.4 Å². The molecule has 25 heavy (non-hydrogen) atoms. The van der Waals surface area contributed by atoms with Crippen LogP contribution in [0.15, 0.2) is 6.20 Å². The molecule has 0 spiro atoms. The number of amides is 1. The molecule has 0 aliphatic carbocycles. The molecule has 8 heteroatoms. The molecule has 2 aliphatic heterocycles. The Morgan fingerprint density at radius 3 is 2.96 bits per heavy atom. The highest BCUT2D eigenvalue weighted by Crippen LogP contribution is 2.21. The van der Waals surface area contributed by atoms with Gasteiger partial charge in [-0.1, -0.05) is 0 Å². The van der Waals surface area contributed by atoms with Gasteiger partial charge in [-0.3, -0.25) is 0 Å². The third kappa shape index (κ3) is 4.38. The van der Waals surface area contributed by atoms with Gasteiger partial charge in [-0.25, -0.2) is 14.8 Å². The lowest BCUT2D eigenvalue weighted by Gasteiger charge is -2.34. The van der Waals surface area contributed by atoms with Crippen LogP contribution >= 0.6 is 0 Å². The summed E-state index contributed by atoms with van der Waals surface area (Å²) in [6.45, 7) is 9.09. The van der Waals surface area contributed by atoms with Crippen molar-refractivity contribution in [1.82, 2.24) is 20.2 Å². The summed E-state index contributed by atoms with van der Waals surface area (Å²) in [7, 11) is 0. The predicted octanol–water partition coefficient (Wildman–Crippen LogP) is 0.540. The SMILES string of the molecule is CC(C)(C)OC(=O)N1CCc2nc(N3CCN[C@@H](CO)C3)ncc2C1. The van der Waals surface area contributed by atoms with Gasteiger partial charge in [0.05, 0.1) is 18.8 Å². The molecular formula is C17H27N5O3. The van der Waals surface area contributed by atoms with Crippen LogP contribution in [0.25, 0.3) is 0 Å². The number of rotatable bonds is 2. The number of carbonyl (C=O) groups excluding carboxylic acids is 1. The van der Waals surface area contributed by atoms with Crippen molar-refractivity contribution in [2.24, 2.45) is 0 Å². The maximum atomic E-state index is 12.2. The smallest absolute Gasteiger partial charge is 0.410 e. The van der Waals surface area contributed by atoms with E-state index < -0.39 is 5.60 Å². The number of aromatic nitrogens is 2. The highest BCUT2D eigenvalue weighted by Gasteiger charge is 2.28. The zero-order chi connectivity index (χ0) is 18.0. The second-order valence-corrected chi connectivity index (χ2v) is 7.57. The monoisotopic (exact) mass is 349 g/mol. The summed E-state index contributed by atoms with van der Waals surface area (Å²) in [6.07, 6.45) is 2.21. The number of hydrogen-bond donors (Lipinski definition) is 2. The number of anilines is 1. The molecule has 2 aliphatic rings. The van der Waals surface area contributed by atoms with Gasteiger partial charge < -0.3 is 25.0 Å².